The van der Waals surface area contributed by atoms with Gasteiger partial charge in [-0.25, -0.2) is 4.99 Å². The Labute approximate surface area is 152 Å². The lowest BCUT2D eigenvalue weighted by Gasteiger charge is -2.12. The first-order valence-corrected chi connectivity index (χ1v) is 8.73. The highest BCUT2D eigenvalue weighted by molar-refractivity contribution is 8.15. The molecule has 0 bridgehead atoms. The van der Waals surface area contributed by atoms with Crippen LogP contribution in [-0.4, -0.2) is 22.9 Å². The van der Waals surface area contributed by atoms with Crippen molar-refractivity contribution in [3.05, 3.63) is 59.7 Å². The molecule has 1 fully saturated rings. The van der Waals surface area contributed by atoms with Crippen LogP contribution in [0.2, 0.25) is 0 Å². The van der Waals surface area contributed by atoms with E-state index in [9.17, 15) is 18.0 Å². The van der Waals surface area contributed by atoms with Crippen molar-refractivity contribution < 1.29 is 18.0 Å². The SMILES string of the molecule is Cc1ccc(N=C2NC(=O)C(CNc3cccc(C(F)(F)F)c3)S2)cc1. The number of aryl methyl sites for hydroxylation is 1. The van der Waals surface area contributed by atoms with E-state index >= 15 is 0 Å². The number of nitrogens with zero attached hydrogens (tertiary/aromatic N) is 1. The molecule has 2 aromatic carbocycles. The Morgan fingerprint density at radius 3 is 2.62 bits per heavy atom. The van der Waals surface area contributed by atoms with Gasteiger partial charge >= 0.3 is 6.18 Å². The summed E-state index contributed by atoms with van der Waals surface area (Å²) in [6, 6.07) is 12.5. The first-order valence-electron chi connectivity index (χ1n) is 7.85. The molecule has 1 aliphatic rings. The molecule has 4 nitrogen and oxygen atoms in total. The van der Waals surface area contributed by atoms with Gasteiger partial charge in [0.1, 0.15) is 5.25 Å². The number of thioether (sulfide) groups is 1. The van der Waals surface area contributed by atoms with Gasteiger partial charge in [-0.2, -0.15) is 13.2 Å². The summed E-state index contributed by atoms with van der Waals surface area (Å²) in [5.74, 6) is -0.222. The number of anilines is 1. The van der Waals surface area contributed by atoms with Crippen molar-refractivity contribution in [2.75, 3.05) is 11.9 Å². The van der Waals surface area contributed by atoms with Gasteiger partial charge in [-0.05, 0) is 37.3 Å². The van der Waals surface area contributed by atoms with Crippen molar-refractivity contribution in [3.63, 3.8) is 0 Å². The van der Waals surface area contributed by atoms with Crippen LogP contribution in [0.15, 0.2) is 53.5 Å². The molecule has 8 heteroatoms. The van der Waals surface area contributed by atoms with Crippen molar-refractivity contribution in [2.24, 2.45) is 4.99 Å². The molecular weight excluding hydrogens is 363 g/mol. The summed E-state index contributed by atoms with van der Waals surface area (Å²) in [7, 11) is 0. The molecule has 0 aromatic heterocycles. The molecule has 2 N–H and O–H groups in total. The van der Waals surface area contributed by atoms with Gasteiger partial charge in [-0.15, -0.1) is 0 Å². The summed E-state index contributed by atoms with van der Waals surface area (Å²) < 4.78 is 38.2. The Morgan fingerprint density at radius 2 is 1.92 bits per heavy atom. The highest BCUT2D eigenvalue weighted by atomic mass is 32.2. The third-order valence-corrected chi connectivity index (χ3v) is 4.80. The van der Waals surface area contributed by atoms with Crippen molar-refractivity contribution in [1.29, 1.82) is 0 Å². The zero-order valence-corrected chi connectivity index (χ0v) is 14.6. The topological polar surface area (TPSA) is 53.5 Å². The Bertz CT molecular complexity index is 834. The molecule has 0 aliphatic carbocycles. The van der Waals surface area contributed by atoms with Crippen molar-refractivity contribution in [3.8, 4) is 0 Å². The van der Waals surface area contributed by atoms with E-state index in [2.05, 4.69) is 15.6 Å². The number of aliphatic imine (C=N–C) groups is 1. The maximum Gasteiger partial charge on any atom is 0.416 e. The molecule has 1 amide bonds. The molecule has 1 atom stereocenters. The van der Waals surface area contributed by atoms with Crippen LogP contribution in [-0.2, 0) is 11.0 Å². The van der Waals surface area contributed by atoms with E-state index in [1.54, 1.807) is 0 Å². The lowest BCUT2D eigenvalue weighted by molar-refractivity contribution is -0.137. The van der Waals surface area contributed by atoms with Crippen LogP contribution >= 0.6 is 11.8 Å². The van der Waals surface area contributed by atoms with Crippen LogP contribution in [0.5, 0.6) is 0 Å². The van der Waals surface area contributed by atoms with E-state index in [4.69, 9.17) is 0 Å². The summed E-state index contributed by atoms with van der Waals surface area (Å²) in [5.41, 5.74) is 1.43. The number of rotatable bonds is 4. The number of halogens is 3. The van der Waals surface area contributed by atoms with Crippen LogP contribution in [0.25, 0.3) is 0 Å². The van der Waals surface area contributed by atoms with Crippen LogP contribution in [0.4, 0.5) is 24.5 Å². The van der Waals surface area contributed by atoms with Gasteiger partial charge in [0.25, 0.3) is 0 Å². The molecule has 1 unspecified atom stereocenters. The Balaban J connectivity index is 1.63. The molecule has 0 radical (unpaired) electrons. The summed E-state index contributed by atoms with van der Waals surface area (Å²) in [5, 5.41) is 5.59. The largest absolute Gasteiger partial charge is 0.416 e. The van der Waals surface area contributed by atoms with Crippen LogP contribution in [0, 0.1) is 6.92 Å². The van der Waals surface area contributed by atoms with Gasteiger partial charge in [-0.1, -0.05) is 35.5 Å². The number of alkyl halides is 3. The number of benzene rings is 2. The molecule has 1 saturated heterocycles. The van der Waals surface area contributed by atoms with E-state index in [1.807, 2.05) is 31.2 Å². The van der Waals surface area contributed by atoms with E-state index in [0.29, 0.717) is 10.9 Å². The summed E-state index contributed by atoms with van der Waals surface area (Å²) in [4.78, 5) is 16.4. The monoisotopic (exact) mass is 379 g/mol. The lowest BCUT2D eigenvalue weighted by Crippen LogP contribution is -2.29. The Kier molecular flexibility index (Phi) is 5.22. The average Bonchev–Trinajstić information content (AvgIpc) is 2.94. The number of carbonyl (C=O) groups is 1. The number of carbonyl (C=O) groups excluding carboxylic acids is 1. The van der Waals surface area contributed by atoms with E-state index < -0.39 is 17.0 Å². The highest BCUT2D eigenvalue weighted by Crippen LogP contribution is 2.31. The van der Waals surface area contributed by atoms with Crippen LogP contribution < -0.4 is 10.6 Å². The molecule has 0 spiro atoms. The molecule has 1 heterocycles. The molecular formula is C18H16F3N3OS. The highest BCUT2D eigenvalue weighted by Gasteiger charge is 2.32. The van der Waals surface area contributed by atoms with Crippen molar-refractivity contribution in [1.82, 2.24) is 5.32 Å². The predicted molar refractivity (Wildman–Crippen MR) is 97.7 cm³/mol. The van der Waals surface area contributed by atoms with Crippen molar-refractivity contribution >= 4 is 34.2 Å². The van der Waals surface area contributed by atoms with Crippen molar-refractivity contribution in [2.45, 2.75) is 18.3 Å². The maximum atomic E-state index is 12.7. The summed E-state index contributed by atoms with van der Waals surface area (Å²) >= 11 is 1.25. The first kappa shape index (κ1) is 18.3. The molecule has 0 saturated carbocycles. The minimum atomic E-state index is -4.40. The fourth-order valence-electron chi connectivity index (χ4n) is 2.34. The molecule has 2 aromatic rings. The smallest absolute Gasteiger partial charge is 0.383 e. The Morgan fingerprint density at radius 1 is 1.19 bits per heavy atom. The quantitative estimate of drug-likeness (QED) is 0.831. The van der Waals surface area contributed by atoms with Gasteiger partial charge in [0.2, 0.25) is 5.91 Å². The third-order valence-electron chi connectivity index (χ3n) is 3.72. The second-order valence-corrected chi connectivity index (χ2v) is 7.00. The number of amides is 1. The number of hydrogen-bond donors (Lipinski definition) is 2. The van der Waals surface area contributed by atoms with Gasteiger partial charge in [0, 0.05) is 12.2 Å². The minimum Gasteiger partial charge on any atom is -0.383 e. The first-order chi connectivity index (χ1) is 12.3. The second-order valence-electron chi connectivity index (χ2n) is 5.81. The minimum absolute atomic E-state index is 0.199. The maximum absolute atomic E-state index is 12.7. The fourth-order valence-corrected chi connectivity index (χ4v) is 3.26. The van der Waals surface area contributed by atoms with Crippen LogP contribution in [0.3, 0.4) is 0 Å². The van der Waals surface area contributed by atoms with Gasteiger partial charge in [0.15, 0.2) is 5.17 Å². The van der Waals surface area contributed by atoms with Gasteiger partial charge in [0.05, 0.1) is 11.3 Å². The summed E-state index contributed by atoms with van der Waals surface area (Å²) in [6.45, 7) is 2.17. The third kappa shape index (κ3) is 4.57. The second kappa shape index (κ2) is 7.41. The van der Waals surface area contributed by atoms with Gasteiger partial charge in [-0.3, -0.25) is 4.79 Å². The van der Waals surface area contributed by atoms with Crippen LogP contribution in [0.1, 0.15) is 11.1 Å². The van der Waals surface area contributed by atoms with E-state index in [0.717, 1.165) is 23.4 Å². The normalized spacial score (nSPS) is 18.8. The molecule has 1 aliphatic heterocycles. The predicted octanol–water partition coefficient (Wildman–Crippen LogP) is 4.35. The van der Waals surface area contributed by atoms with Gasteiger partial charge < -0.3 is 10.6 Å². The zero-order chi connectivity index (χ0) is 18.7. The standard InChI is InChI=1S/C18H16F3N3OS/c1-11-5-7-13(8-6-11)23-17-24-16(25)15(26-17)10-22-14-4-2-3-12(9-14)18(19,20)21/h2-9,15,22H,10H2,1H3,(H,23,24,25). The zero-order valence-electron chi connectivity index (χ0n) is 13.8. The van der Waals surface area contributed by atoms with E-state index in [-0.39, 0.29) is 12.5 Å². The average molecular weight is 379 g/mol. The Hall–Kier alpha value is -2.48. The number of hydrogen-bond acceptors (Lipinski definition) is 4. The molecule has 136 valence electrons. The number of nitrogens with one attached hydrogen (secondary N) is 2. The fraction of sp³-hybridized carbons (Fsp3) is 0.222. The summed E-state index contributed by atoms with van der Waals surface area (Å²) in [6.07, 6.45) is -4.40. The molecule has 3 rings (SSSR count). The molecule has 26 heavy (non-hydrogen) atoms. The number of amidine groups is 1. The lowest BCUT2D eigenvalue weighted by atomic mass is 10.2. The van der Waals surface area contributed by atoms with E-state index in [1.165, 1.54) is 23.9 Å².